The summed E-state index contributed by atoms with van der Waals surface area (Å²) in [4.78, 5) is 25.1. The quantitative estimate of drug-likeness (QED) is 0.871. The fourth-order valence-corrected chi connectivity index (χ4v) is 3.62. The zero-order chi connectivity index (χ0) is 17.9. The van der Waals surface area contributed by atoms with Gasteiger partial charge in [-0.2, -0.15) is 0 Å². The molecule has 1 aromatic carbocycles. The third-order valence-electron chi connectivity index (χ3n) is 4.01. The first-order chi connectivity index (χ1) is 12.0. The molecule has 7 nitrogen and oxygen atoms in total. The van der Waals surface area contributed by atoms with Gasteiger partial charge in [0.2, 0.25) is 5.88 Å². The van der Waals surface area contributed by atoms with Gasteiger partial charge < -0.3 is 15.8 Å². The highest BCUT2D eigenvalue weighted by Gasteiger charge is 2.29. The van der Waals surface area contributed by atoms with E-state index in [4.69, 9.17) is 10.5 Å². The van der Waals surface area contributed by atoms with Crippen LogP contribution in [0.2, 0.25) is 0 Å². The molecule has 1 atom stereocenters. The molecule has 0 saturated carbocycles. The van der Waals surface area contributed by atoms with Gasteiger partial charge in [-0.3, -0.25) is 9.79 Å². The summed E-state index contributed by atoms with van der Waals surface area (Å²) in [6.45, 7) is 2.05. The van der Waals surface area contributed by atoms with E-state index in [9.17, 15) is 4.79 Å². The summed E-state index contributed by atoms with van der Waals surface area (Å²) >= 11 is 1.56. The van der Waals surface area contributed by atoms with Crippen molar-refractivity contribution < 1.29 is 9.53 Å². The molecule has 3 N–H and O–H groups in total. The van der Waals surface area contributed by atoms with Crippen molar-refractivity contribution >= 4 is 28.5 Å². The minimum atomic E-state index is -0.389. The Hall–Kier alpha value is -2.61. The standard InChI is InChI=1S/C17H19N5O2S/c1-17(6-9-25-16(18)22-17)11-4-3-5-12(10-11)21-14(23)13-15(24-2)20-8-7-19-13/h3-5,7-8,10H,6,9H2,1-2H3,(H2,18,22)(H,21,23)/t17-/m0/s1. The Morgan fingerprint density at radius 3 is 2.92 bits per heavy atom. The maximum absolute atomic E-state index is 12.5. The van der Waals surface area contributed by atoms with E-state index >= 15 is 0 Å². The number of carbonyl (C=O) groups is 1. The Bertz CT molecular complexity index is 826. The minimum Gasteiger partial charge on any atom is -0.479 e. The second kappa shape index (κ2) is 7.10. The van der Waals surface area contributed by atoms with Crippen LogP contribution < -0.4 is 15.8 Å². The van der Waals surface area contributed by atoms with Crippen molar-refractivity contribution in [3.63, 3.8) is 0 Å². The molecule has 0 saturated heterocycles. The first-order valence-electron chi connectivity index (χ1n) is 7.77. The number of hydrogen-bond donors (Lipinski definition) is 2. The fourth-order valence-electron chi connectivity index (χ4n) is 2.65. The molecular formula is C17H19N5O2S. The number of nitrogens with zero attached hydrogens (tertiary/aromatic N) is 3. The summed E-state index contributed by atoms with van der Waals surface area (Å²) in [7, 11) is 1.45. The van der Waals surface area contributed by atoms with E-state index < -0.39 is 0 Å². The van der Waals surface area contributed by atoms with Crippen LogP contribution in [0.5, 0.6) is 5.88 Å². The van der Waals surface area contributed by atoms with Crippen LogP contribution in [0.15, 0.2) is 41.7 Å². The summed E-state index contributed by atoms with van der Waals surface area (Å²) in [5.74, 6) is 0.721. The van der Waals surface area contributed by atoms with E-state index in [-0.39, 0.29) is 23.0 Å². The first-order valence-corrected chi connectivity index (χ1v) is 8.75. The molecule has 0 radical (unpaired) electrons. The van der Waals surface area contributed by atoms with Crippen molar-refractivity contribution in [1.82, 2.24) is 9.97 Å². The predicted molar refractivity (Wildman–Crippen MR) is 99.0 cm³/mol. The van der Waals surface area contributed by atoms with Gasteiger partial charge in [0, 0.05) is 23.8 Å². The van der Waals surface area contributed by atoms with Gasteiger partial charge in [-0.05, 0) is 31.0 Å². The molecule has 0 bridgehead atoms. The van der Waals surface area contributed by atoms with Crippen molar-refractivity contribution in [1.29, 1.82) is 0 Å². The Labute approximate surface area is 150 Å². The lowest BCUT2D eigenvalue weighted by Gasteiger charge is -2.30. The summed E-state index contributed by atoms with van der Waals surface area (Å²) in [6.07, 6.45) is 3.81. The molecule has 2 heterocycles. The monoisotopic (exact) mass is 357 g/mol. The normalized spacial score (nSPS) is 19.8. The number of thioether (sulfide) groups is 1. The molecular weight excluding hydrogens is 338 g/mol. The number of nitrogens with one attached hydrogen (secondary N) is 1. The highest BCUT2D eigenvalue weighted by Crippen LogP contribution is 2.35. The van der Waals surface area contributed by atoms with Gasteiger partial charge in [0.1, 0.15) is 0 Å². The number of anilines is 1. The molecule has 130 valence electrons. The van der Waals surface area contributed by atoms with Gasteiger partial charge in [-0.25, -0.2) is 9.97 Å². The first kappa shape index (κ1) is 17.2. The molecule has 0 unspecified atom stereocenters. The van der Waals surface area contributed by atoms with E-state index in [1.807, 2.05) is 31.2 Å². The third kappa shape index (κ3) is 3.74. The number of aromatic nitrogens is 2. The number of amidine groups is 1. The van der Waals surface area contributed by atoms with Crippen molar-refractivity contribution in [2.24, 2.45) is 10.7 Å². The minimum absolute atomic E-state index is 0.137. The zero-order valence-corrected chi connectivity index (χ0v) is 14.8. The number of hydrogen-bond acceptors (Lipinski definition) is 7. The molecule has 0 aliphatic carbocycles. The van der Waals surface area contributed by atoms with Crippen molar-refractivity contribution in [2.75, 3.05) is 18.2 Å². The van der Waals surface area contributed by atoms with E-state index in [1.165, 1.54) is 19.5 Å². The lowest BCUT2D eigenvalue weighted by atomic mass is 9.89. The number of amides is 1. The fraction of sp³-hybridized carbons (Fsp3) is 0.294. The van der Waals surface area contributed by atoms with Gasteiger partial charge in [-0.1, -0.05) is 23.9 Å². The number of rotatable bonds is 4. The molecule has 1 aliphatic heterocycles. The lowest BCUT2D eigenvalue weighted by Crippen LogP contribution is -2.28. The Morgan fingerprint density at radius 2 is 2.16 bits per heavy atom. The van der Waals surface area contributed by atoms with Crippen molar-refractivity contribution in [2.45, 2.75) is 18.9 Å². The maximum Gasteiger partial charge on any atom is 0.279 e. The van der Waals surface area contributed by atoms with Crippen LogP contribution in [-0.4, -0.2) is 33.9 Å². The molecule has 0 fully saturated rings. The molecule has 3 rings (SSSR count). The molecule has 1 amide bonds. The van der Waals surface area contributed by atoms with E-state index in [0.717, 1.165) is 17.7 Å². The van der Waals surface area contributed by atoms with Crippen LogP contribution in [-0.2, 0) is 5.54 Å². The SMILES string of the molecule is COc1nccnc1C(=O)Nc1cccc([C@]2(C)CCSC(N)=N2)c1. The average molecular weight is 357 g/mol. The Morgan fingerprint density at radius 1 is 1.36 bits per heavy atom. The second-order valence-corrected chi connectivity index (χ2v) is 6.89. The average Bonchev–Trinajstić information content (AvgIpc) is 2.61. The van der Waals surface area contributed by atoms with Gasteiger partial charge in [0.25, 0.3) is 5.91 Å². The van der Waals surface area contributed by atoms with Gasteiger partial charge in [-0.15, -0.1) is 0 Å². The number of benzene rings is 1. The summed E-state index contributed by atoms with van der Waals surface area (Å²) in [6, 6.07) is 7.61. The van der Waals surface area contributed by atoms with Crippen LogP contribution >= 0.6 is 11.8 Å². The van der Waals surface area contributed by atoms with Crippen molar-refractivity contribution in [3.8, 4) is 5.88 Å². The highest BCUT2D eigenvalue weighted by atomic mass is 32.2. The van der Waals surface area contributed by atoms with Crippen LogP contribution in [0.25, 0.3) is 0 Å². The highest BCUT2D eigenvalue weighted by molar-refractivity contribution is 8.13. The lowest BCUT2D eigenvalue weighted by molar-refractivity contribution is 0.101. The predicted octanol–water partition coefficient (Wildman–Crippen LogP) is 2.40. The van der Waals surface area contributed by atoms with E-state index in [1.54, 1.807) is 11.8 Å². The van der Waals surface area contributed by atoms with Crippen LogP contribution in [0.4, 0.5) is 5.69 Å². The summed E-state index contributed by atoms with van der Waals surface area (Å²) in [5, 5.41) is 3.42. The maximum atomic E-state index is 12.5. The van der Waals surface area contributed by atoms with Gasteiger partial charge >= 0.3 is 0 Å². The van der Waals surface area contributed by atoms with Gasteiger partial charge in [0.05, 0.1) is 12.6 Å². The molecule has 1 aliphatic rings. The topological polar surface area (TPSA) is 102 Å². The number of methoxy groups -OCH3 is 1. The van der Waals surface area contributed by atoms with Crippen molar-refractivity contribution in [3.05, 3.63) is 47.9 Å². The van der Waals surface area contributed by atoms with E-state index in [2.05, 4.69) is 20.3 Å². The van der Waals surface area contributed by atoms with Crippen LogP contribution in [0.1, 0.15) is 29.4 Å². The van der Waals surface area contributed by atoms with Gasteiger partial charge in [0.15, 0.2) is 10.9 Å². The number of ether oxygens (including phenoxy) is 1. The largest absolute Gasteiger partial charge is 0.479 e. The molecule has 0 spiro atoms. The molecule has 1 aromatic heterocycles. The third-order valence-corrected chi connectivity index (χ3v) is 4.81. The number of carbonyl (C=O) groups excluding carboxylic acids is 1. The van der Waals surface area contributed by atoms with Crippen LogP contribution in [0, 0.1) is 0 Å². The molecule has 25 heavy (non-hydrogen) atoms. The zero-order valence-electron chi connectivity index (χ0n) is 14.0. The van der Waals surface area contributed by atoms with E-state index in [0.29, 0.717) is 10.9 Å². The second-order valence-electron chi connectivity index (χ2n) is 5.77. The smallest absolute Gasteiger partial charge is 0.279 e. The number of aliphatic imine (C=N–C) groups is 1. The Balaban J connectivity index is 1.85. The molecule has 2 aromatic rings. The molecule has 8 heteroatoms. The summed E-state index contributed by atoms with van der Waals surface area (Å²) < 4.78 is 5.08. The Kier molecular flexibility index (Phi) is 4.89. The van der Waals surface area contributed by atoms with Crippen LogP contribution in [0.3, 0.4) is 0 Å². The summed E-state index contributed by atoms with van der Waals surface area (Å²) in [5.41, 5.74) is 7.29. The number of nitrogens with two attached hydrogens (primary N) is 1.